The van der Waals surface area contributed by atoms with E-state index in [1.807, 2.05) is 18.2 Å². The van der Waals surface area contributed by atoms with Gasteiger partial charge >= 0.3 is 5.97 Å². The molecule has 2 nitrogen and oxygen atoms in total. The average molecular weight is 276 g/mol. The van der Waals surface area contributed by atoms with Crippen molar-refractivity contribution in [3.63, 3.8) is 0 Å². The molecule has 0 atom stereocenters. The normalized spacial score (nSPS) is 10.9. The molecule has 0 amide bonds. The molecule has 1 aromatic carbocycles. The van der Waals surface area contributed by atoms with Crippen LogP contribution >= 0.6 is 0 Å². The number of benzene rings is 1. The first-order valence-electron chi connectivity index (χ1n) is 8.02. The maximum absolute atomic E-state index is 11.4. The van der Waals surface area contributed by atoms with Gasteiger partial charge in [-0.3, -0.25) is 0 Å². The molecule has 1 rings (SSSR count). The lowest BCUT2D eigenvalue weighted by Gasteiger charge is -2.19. The lowest BCUT2D eigenvalue weighted by molar-refractivity contribution is 0.0695. The summed E-state index contributed by atoms with van der Waals surface area (Å²) in [5.41, 5.74) is 1.53. The molecule has 0 aromatic heterocycles. The SMILES string of the molecule is CCCCCC(CCCCC)c1ccccc1C(=O)O. The molecule has 20 heavy (non-hydrogen) atoms. The van der Waals surface area contributed by atoms with Crippen LogP contribution in [0.3, 0.4) is 0 Å². The van der Waals surface area contributed by atoms with Crippen molar-refractivity contribution in [1.29, 1.82) is 0 Å². The van der Waals surface area contributed by atoms with Crippen LogP contribution in [0.5, 0.6) is 0 Å². The van der Waals surface area contributed by atoms with Crippen LogP contribution in [-0.4, -0.2) is 11.1 Å². The maximum atomic E-state index is 11.4. The third-order valence-corrected chi connectivity index (χ3v) is 3.94. The van der Waals surface area contributed by atoms with Gasteiger partial charge in [0.1, 0.15) is 0 Å². The number of rotatable bonds is 10. The summed E-state index contributed by atoms with van der Waals surface area (Å²) in [4.78, 5) is 11.4. The lowest BCUT2D eigenvalue weighted by Crippen LogP contribution is -2.08. The Morgan fingerprint density at radius 1 is 1.00 bits per heavy atom. The van der Waals surface area contributed by atoms with E-state index in [1.165, 1.54) is 38.5 Å². The number of hydrogen-bond donors (Lipinski definition) is 1. The second kappa shape index (κ2) is 9.57. The summed E-state index contributed by atoms with van der Waals surface area (Å²) in [5.74, 6) is -0.392. The zero-order chi connectivity index (χ0) is 14.8. The molecule has 0 bridgehead atoms. The zero-order valence-electron chi connectivity index (χ0n) is 12.9. The predicted octanol–water partition coefficient (Wildman–Crippen LogP) is 5.63. The Balaban J connectivity index is 2.81. The smallest absolute Gasteiger partial charge is 0.335 e. The molecular formula is C18H28O2. The Labute approximate surface area is 123 Å². The van der Waals surface area contributed by atoms with Gasteiger partial charge in [0.2, 0.25) is 0 Å². The van der Waals surface area contributed by atoms with Crippen LogP contribution in [0.15, 0.2) is 24.3 Å². The molecule has 0 fully saturated rings. The molecular weight excluding hydrogens is 248 g/mol. The van der Waals surface area contributed by atoms with E-state index < -0.39 is 5.97 Å². The summed E-state index contributed by atoms with van der Waals surface area (Å²) in [6, 6.07) is 7.53. The van der Waals surface area contributed by atoms with Gasteiger partial charge in [0.25, 0.3) is 0 Å². The zero-order valence-corrected chi connectivity index (χ0v) is 12.9. The van der Waals surface area contributed by atoms with Gasteiger partial charge < -0.3 is 5.11 Å². The molecule has 0 spiro atoms. The van der Waals surface area contributed by atoms with Gasteiger partial charge in [-0.15, -0.1) is 0 Å². The maximum Gasteiger partial charge on any atom is 0.335 e. The quantitative estimate of drug-likeness (QED) is 0.562. The van der Waals surface area contributed by atoms with Crippen molar-refractivity contribution in [2.75, 3.05) is 0 Å². The first-order valence-corrected chi connectivity index (χ1v) is 8.02. The molecule has 2 heteroatoms. The highest BCUT2D eigenvalue weighted by Crippen LogP contribution is 2.30. The monoisotopic (exact) mass is 276 g/mol. The summed E-state index contributed by atoms with van der Waals surface area (Å²) in [6.07, 6.45) is 9.51. The van der Waals surface area contributed by atoms with Gasteiger partial charge in [-0.25, -0.2) is 4.79 Å². The summed E-state index contributed by atoms with van der Waals surface area (Å²) < 4.78 is 0. The number of carbonyl (C=O) groups is 1. The van der Waals surface area contributed by atoms with Gasteiger partial charge in [0, 0.05) is 0 Å². The van der Waals surface area contributed by atoms with Gasteiger partial charge in [-0.1, -0.05) is 70.6 Å². The first kappa shape index (κ1) is 16.7. The third kappa shape index (κ3) is 5.36. The average Bonchev–Trinajstić information content (AvgIpc) is 2.46. The molecule has 0 radical (unpaired) electrons. The van der Waals surface area contributed by atoms with E-state index in [1.54, 1.807) is 6.07 Å². The minimum absolute atomic E-state index is 0.403. The van der Waals surface area contributed by atoms with E-state index in [2.05, 4.69) is 13.8 Å². The Morgan fingerprint density at radius 2 is 1.55 bits per heavy atom. The molecule has 0 saturated heterocycles. The van der Waals surface area contributed by atoms with Gasteiger partial charge in [0.15, 0.2) is 0 Å². The van der Waals surface area contributed by atoms with E-state index in [9.17, 15) is 9.90 Å². The lowest BCUT2D eigenvalue weighted by atomic mass is 9.86. The van der Waals surface area contributed by atoms with Gasteiger partial charge in [0.05, 0.1) is 5.56 Å². The third-order valence-electron chi connectivity index (χ3n) is 3.94. The summed E-state index contributed by atoms with van der Waals surface area (Å²) in [5, 5.41) is 9.36. The Morgan fingerprint density at radius 3 is 2.05 bits per heavy atom. The number of carboxylic acids is 1. The Bertz CT molecular complexity index is 388. The van der Waals surface area contributed by atoms with Crippen LogP contribution in [0.25, 0.3) is 0 Å². The van der Waals surface area contributed by atoms with Crippen LogP contribution < -0.4 is 0 Å². The highest BCUT2D eigenvalue weighted by Gasteiger charge is 2.17. The minimum Gasteiger partial charge on any atom is -0.478 e. The Hall–Kier alpha value is -1.31. The molecule has 0 aliphatic rings. The van der Waals surface area contributed by atoms with Gasteiger partial charge in [-0.2, -0.15) is 0 Å². The van der Waals surface area contributed by atoms with Crippen LogP contribution in [0.1, 0.15) is 87.1 Å². The summed E-state index contributed by atoms with van der Waals surface area (Å²) in [6.45, 7) is 4.41. The van der Waals surface area contributed by atoms with Crippen molar-refractivity contribution in [2.45, 2.75) is 71.1 Å². The fraction of sp³-hybridized carbons (Fsp3) is 0.611. The molecule has 1 aromatic rings. The van der Waals surface area contributed by atoms with E-state index in [0.29, 0.717) is 11.5 Å². The Kier molecular flexibility index (Phi) is 8.01. The number of unbranched alkanes of at least 4 members (excludes halogenated alkanes) is 4. The number of aromatic carboxylic acids is 1. The van der Waals surface area contributed by atoms with E-state index >= 15 is 0 Å². The first-order chi connectivity index (χ1) is 9.70. The fourth-order valence-corrected chi connectivity index (χ4v) is 2.78. The van der Waals surface area contributed by atoms with Crippen LogP contribution in [0.4, 0.5) is 0 Å². The molecule has 0 heterocycles. The second-order valence-electron chi connectivity index (χ2n) is 5.58. The van der Waals surface area contributed by atoms with E-state index in [4.69, 9.17) is 0 Å². The summed E-state index contributed by atoms with van der Waals surface area (Å²) in [7, 11) is 0. The molecule has 112 valence electrons. The fourth-order valence-electron chi connectivity index (χ4n) is 2.78. The van der Waals surface area contributed by atoms with Gasteiger partial charge in [-0.05, 0) is 30.4 Å². The highest BCUT2D eigenvalue weighted by atomic mass is 16.4. The molecule has 0 aliphatic heterocycles. The molecule has 0 aliphatic carbocycles. The van der Waals surface area contributed by atoms with Crippen LogP contribution in [0, 0.1) is 0 Å². The highest BCUT2D eigenvalue weighted by molar-refractivity contribution is 5.89. The van der Waals surface area contributed by atoms with Crippen molar-refractivity contribution in [1.82, 2.24) is 0 Å². The summed E-state index contributed by atoms with van der Waals surface area (Å²) >= 11 is 0. The van der Waals surface area contributed by atoms with E-state index in [-0.39, 0.29) is 0 Å². The molecule has 0 unspecified atom stereocenters. The standard InChI is InChI=1S/C18H28O2/c1-3-5-7-11-15(12-8-6-4-2)16-13-9-10-14-17(16)18(19)20/h9-10,13-15H,3-8,11-12H2,1-2H3,(H,19,20). The largest absolute Gasteiger partial charge is 0.478 e. The van der Waals surface area contributed by atoms with Crippen molar-refractivity contribution >= 4 is 5.97 Å². The number of hydrogen-bond acceptors (Lipinski definition) is 1. The van der Waals surface area contributed by atoms with Crippen LogP contribution in [0.2, 0.25) is 0 Å². The van der Waals surface area contributed by atoms with Crippen molar-refractivity contribution in [2.24, 2.45) is 0 Å². The molecule has 1 N–H and O–H groups in total. The van der Waals surface area contributed by atoms with E-state index in [0.717, 1.165) is 18.4 Å². The predicted molar refractivity (Wildman–Crippen MR) is 84.4 cm³/mol. The van der Waals surface area contributed by atoms with Crippen LogP contribution in [-0.2, 0) is 0 Å². The topological polar surface area (TPSA) is 37.3 Å². The van der Waals surface area contributed by atoms with Crippen molar-refractivity contribution in [3.05, 3.63) is 35.4 Å². The minimum atomic E-state index is -0.795. The van der Waals surface area contributed by atoms with Crippen molar-refractivity contribution in [3.8, 4) is 0 Å². The molecule has 0 saturated carbocycles. The number of carboxylic acid groups (broad SMARTS) is 1. The second-order valence-corrected chi connectivity index (χ2v) is 5.58. The van der Waals surface area contributed by atoms with Crippen molar-refractivity contribution < 1.29 is 9.90 Å².